The zero-order valence-corrected chi connectivity index (χ0v) is 8.34. The zero-order chi connectivity index (χ0) is 8.85. The Labute approximate surface area is 78.2 Å². The molecule has 0 bridgehead atoms. The lowest BCUT2D eigenvalue weighted by molar-refractivity contribution is 1.13. The topological polar surface area (TPSA) is 0 Å². The highest BCUT2D eigenvalue weighted by molar-refractivity contribution is 6.36. The van der Waals surface area contributed by atoms with E-state index in [0.717, 1.165) is 12.0 Å². The summed E-state index contributed by atoms with van der Waals surface area (Å²) in [5, 5.41) is 1.34. The summed E-state index contributed by atoms with van der Waals surface area (Å²) in [5.74, 6) is 0. The molecule has 0 atom stereocenters. The van der Waals surface area contributed by atoms with Gasteiger partial charge in [0.2, 0.25) is 0 Å². The van der Waals surface area contributed by atoms with E-state index in [0.29, 0.717) is 10.1 Å². The lowest BCUT2D eigenvalue weighted by Gasteiger charge is -2.02. The fourth-order valence-corrected chi connectivity index (χ4v) is 1.27. The molecule has 0 rings (SSSR count). The van der Waals surface area contributed by atoms with Crippen LogP contribution < -0.4 is 0 Å². The molecule has 0 amide bonds. The van der Waals surface area contributed by atoms with Crippen LogP contribution in [0, 0.1) is 0 Å². The third kappa shape index (κ3) is 3.13. The van der Waals surface area contributed by atoms with Gasteiger partial charge in [-0.3, -0.25) is 0 Å². The van der Waals surface area contributed by atoms with Gasteiger partial charge in [-0.1, -0.05) is 48.9 Å². The van der Waals surface area contributed by atoms with Crippen LogP contribution in [0.15, 0.2) is 34.4 Å². The minimum atomic E-state index is 0.635. The van der Waals surface area contributed by atoms with E-state index in [4.69, 9.17) is 23.2 Å². The van der Waals surface area contributed by atoms with Crippen molar-refractivity contribution in [1.82, 2.24) is 0 Å². The molecule has 0 aromatic carbocycles. The van der Waals surface area contributed by atoms with Crippen LogP contribution in [0.2, 0.25) is 0 Å². The third-order valence-corrected chi connectivity index (χ3v) is 2.19. The summed E-state index contributed by atoms with van der Waals surface area (Å²) in [6.07, 6.45) is 4.26. The summed E-state index contributed by atoms with van der Waals surface area (Å²) in [6, 6.07) is 0. The van der Waals surface area contributed by atoms with Crippen molar-refractivity contribution in [2.75, 3.05) is 0 Å². The zero-order valence-electron chi connectivity index (χ0n) is 6.82. The second kappa shape index (κ2) is 5.45. The van der Waals surface area contributed by atoms with Crippen molar-refractivity contribution < 1.29 is 0 Å². The average Bonchev–Trinajstić information content (AvgIpc) is 2.05. The van der Waals surface area contributed by atoms with Crippen molar-refractivity contribution in [2.24, 2.45) is 0 Å². The van der Waals surface area contributed by atoms with E-state index in [1.54, 1.807) is 6.08 Å². The lowest BCUT2D eigenvalue weighted by Crippen LogP contribution is -1.83. The number of halogens is 2. The van der Waals surface area contributed by atoms with E-state index in [1.807, 2.05) is 19.9 Å². The molecule has 0 aliphatic carbocycles. The molecule has 0 aromatic heterocycles. The molecule has 0 aromatic rings. The van der Waals surface area contributed by atoms with Crippen LogP contribution in [-0.4, -0.2) is 0 Å². The SMILES string of the molecule is C=C/C(Cl)=C(CC)\C(Cl)=C/C. The standard InChI is InChI=1S/C9H12Cl2/c1-4-7(8(10)5-2)9(11)6-3/h5-6H,2,4H2,1,3H3/b8-7+,9-6+. The second-order valence-corrected chi connectivity index (χ2v) is 2.84. The summed E-state index contributed by atoms with van der Waals surface area (Å²) >= 11 is 11.7. The summed E-state index contributed by atoms with van der Waals surface area (Å²) < 4.78 is 0. The largest absolute Gasteiger partial charge is 0.0976 e. The molecule has 0 N–H and O–H groups in total. The minimum Gasteiger partial charge on any atom is -0.0976 e. The van der Waals surface area contributed by atoms with Gasteiger partial charge in [0.15, 0.2) is 0 Å². The Morgan fingerprint density at radius 2 is 2.00 bits per heavy atom. The van der Waals surface area contributed by atoms with Crippen LogP contribution in [0.5, 0.6) is 0 Å². The molecule has 0 aliphatic rings. The molecule has 0 heterocycles. The maximum atomic E-state index is 5.88. The van der Waals surface area contributed by atoms with Crippen molar-refractivity contribution in [1.29, 1.82) is 0 Å². The van der Waals surface area contributed by atoms with Crippen molar-refractivity contribution in [2.45, 2.75) is 20.3 Å². The van der Waals surface area contributed by atoms with Gasteiger partial charge in [-0.05, 0) is 18.9 Å². The van der Waals surface area contributed by atoms with Crippen LogP contribution in [0.1, 0.15) is 20.3 Å². The molecular weight excluding hydrogens is 179 g/mol. The van der Waals surface area contributed by atoms with Gasteiger partial charge in [0.05, 0.1) is 0 Å². The Balaban J connectivity index is 4.79. The van der Waals surface area contributed by atoms with E-state index < -0.39 is 0 Å². The van der Waals surface area contributed by atoms with E-state index in [-0.39, 0.29) is 0 Å². The highest BCUT2D eigenvalue weighted by Gasteiger charge is 2.02. The maximum Gasteiger partial charge on any atom is 0.0446 e. The molecule has 0 saturated heterocycles. The summed E-state index contributed by atoms with van der Waals surface area (Å²) in [5.41, 5.74) is 0.950. The van der Waals surface area contributed by atoms with Gasteiger partial charge in [0, 0.05) is 10.1 Å². The predicted molar refractivity (Wildman–Crippen MR) is 53.0 cm³/mol. The van der Waals surface area contributed by atoms with E-state index in [2.05, 4.69) is 6.58 Å². The van der Waals surface area contributed by atoms with E-state index in [1.165, 1.54) is 0 Å². The van der Waals surface area contributed by atoms with Gasteiger partial charge >= 0.3 is 0 Å². The Morgan fingerprint density at radius 1 is 1.45 bits per heavy atom. The summed E-state index contributed by atoms with van der Waals surface area (Å²) in [6.45, 7) is 7.46. The molecule has 0 aliphatic heterocycles. The van der Waals surface area contributed by atoms with Gasteiger partial charge in [-0.2, -0.15) is 0 Å². The van der Waals surface area contributed by atoms with E-state index in [9.17, 15) is 0 Å². The van der Waals surface area contributed by atoms with Crippen molar-refractivity contribution in [3.05, 3.63) is 34.4 Å². The van der Waals surface area contributed by atoms with Crippen molar-refractivity contribution in [3.63, 3.8) is 0 Å². The quantitative estimate of drug-likeness (QED) is 0.586. The number of hydrogen-bond acceptors (Lipinski definition) is 0. The molecule has 0 spiro atoms. The van der Waals surface area contributed by atoms with Gasteiger partial charge in [0.25, 0.3) is 0 Å². The summed E-state index contributed by atoms with van der Waals surface area (Å²) in [4.78, 5) is 0. The van der Waals surface area contributed by atoms with Crippen molar-refractivity contribution >= 4 is 23.2 Å². The monoisotopic (exact) mass is 190 g/mol. The fourth-order valence-electron chi connectivity index (χ4n) is 0.749. The molecule has 0 fully saturated rings. The van der Waals surface area contributed by atoms with Gasteiger partial charge in [-0.15, -0.1) is 0 Å². The fraction of sp³-hybridized carbons (Fsp3) is 0.333. The molecule has 62 valence electrons. The predicted octanol–water partition coefficient (Wildman–Crippen LogP) is 4.22. The van der Waals surface area contributed by atoms with E-state index >= 15 is 0 Å². The molecule has 0 unspecified atom stereocenters. The number of allylic oxidation sites excluding steroid dienone is 5. The Kier molecular flexibility index (Phi) is 5.35. The normalized spacial score (nSPS) is 14.4. The third-order valence-electron chi connectivity index (χ3n) is 1.36. The highest BCUT2D eigenvalue weighted by atomic mass is 35.5. The van der Waals surface area contributed by atoms with Crippen LogP contribution in [0.3, 0.4) is 0 Å². The van der Waals surface area contributed by atoms with Crippen LogP contribution in [-0.2, 0) is 0 Å². The maximum absolute atomic E-state index is 5.88. The Morgan fingerprint density at radius 3 is 2.27 bits per heavy atom. The average molecular weight is 191 g/mol. The molecular formula is C9H12Cl2. The van der Waals surface area contributed by atoms with Crippen LogP contribution in [0.25, 0.3) is 0 Å². The van der Waals surface area contributed by atoms with Crippen molar-refractivity contribution in [3.8, 4) is 0 Å². The first-order valence-corrected chi connectivity index (χ1v) is 4.26. The molecule has 11 heavy (non-hydrogen) atoms. The number of rotatable bonds is 3. The van der Waals surface area contributed by atoms with Crippen LogP contribution in [0.4, 0.5) is 0 Å². The lowest BCUT2D eigenvalue weighted by atomic mass is 10.1. The first kappa shape index (κ1) is 10.8. The van der Waals surface area contributed by atoms with Gasteiger partial charge < -0.3 is 0 Å². The van der Waals surface area contributed by atoms with Gasteiger partial charge in [0.1, 0.15) is 0 Å². The van der Waals surface area contributed by atoms with Crippen LogP contribution >= 0.6 is 23.2 Å². The highest BCUT2D eigenvalue weighted by Crippen LogP contribution is 2.24. The first-order valence-electron chi connectivity index (χ1n) is 3.50. The Bertz CT molecular complexity index is 200. The second-order valence-electron chi connectivity index (χ2n) is 2.02. The van der Waals surface area contributed by atoms with Gasteiger partial charge in [-0.25, -0.2) is 0 Å². The smallest absolute Gasteiger partial charge is 0.0446 e. The number of hydrogen-bond donors (Lipinski definition) is 0. The molecule has 0 radical (unpaired) electrons. The first-order chi connectivity index (χ1) is 5.17. The molecule has 0 nitrogen and oxygen atoms in total. The minimum absolute atomic E-state index is 0.635. The molecule has 2 heteroatoms. The molecule has 0 saturated carbocycles. The Hall–Kier alpha value is -0.200. The summed E-state index contributed by atoms with van der Waals surface area (Å²) in [7, 11) is 0.